The molecule has 3 aromatic rings. The molecule has 202 valence electrons. The molecule has 0 aliphatic heterocycles. The first-order chi connectivity index (χ1) is 18.1. The molecule has 0 heterocycles. The third-order valence-electron chi connectivity index (χ3n) is 6.00. The van der Waals surface area contributed by atoms with Gasteiger partial charge >= 0.3 is 0 Å². The zero-order valence-electron chi connectivity index (χ0n) is 21.8. The highest BCUT2D eigenvalue weighted by Crippen LogP contribution is 2.27. The third-order valence-corrected chi connectivity index (χ3v) is 8.32. The van der Waals surface area contributed by atoms with Crippen LogP contribution >= 0.6 is 15.9 Å². The topological polar surface area (TPSA) is 96.0 Å². The van der Waals surface area contributed by atoms with Gasteiger partial charge in [-0.2, -0.15) is 0 Å². The lowest BCUT2D eigenvalue weighted by Gasteiger charge is -2.31. The predicted octanol–water partition coefficient (Wildman–Crippen LogP) is 4.51. The summed E-state index contributed by atoms with van der Waals surface area (Å²) in [4.78, 5) is 27.8. The van der Waals surface area contributed by atoms with E-state index in [1.807, 2.05) is 38.1 Å². The van der Waals surface area contributed by atoms with Gasteiger partial charge < -0.3 is 15.0 Å². The van der Waals surface area contributed by atoms with Crippen molar-refractivity contribution in [3.8, 4) is 5.75 Å². The molecule has 3 rings (SSSR count). The number of likely N-dealkylation sites (N-methyl/N-ethyl adjacent to an activating group) is 1. The van der Waals surface area contributed by atoms with E-state index in [0.29, 0.717) is 18.0 Å². The number of sulfonamides is 1. The number of hydrogen-bond acceptors (Lipinski definition) is 5. The number of rotatable bonds is 11. The van der Waals surface area contributed by atoms with Gasteiger partial charge in [-0.1, -0.05) is 45.8 Å². The lowest BCUT2D eigenvalue weighted by atomic mass is 10.1. The highest BCUT2D eigenvalue weighted by molar-refractivity contribution is 9.10. The Morgan fingerprint density at radius 2 is 1.58 bits per heavy atom. The normalized spacial score (nSPS) is 11.9. The summed E-state index contributed by atoms with van der Waals surface area (Å²) < 4.78 is 35.1. The molecule has 0 bridgehead atoms. The average molecular weight is 603 g/mol. The Hall–Kier alpha value is -3.37. The van der Waals surface area contributed by atoms with Crippen LogP contribution in [0.1, 0.15) is 25.0 Å². The molecule has 0 saturated heterocycles. The number of benzene rings is 3. The highest BCUT2D eigenvalue weighted by atomic mass is 79.9. The number of carbonyl (C=O) groups excluding carboxylic acids is 2. The van der Waals surface area contributed by atoms with Gasteiger partial charge in [0.25, 0.3) is 10.0 Å². The second-order valence-corrected chi connectivity index (χ2v) is 11.5. The first kappa shape index (κ1) is 29.2. The maximum Gasteiger partial charge on any atom is 0.264 e. The van der Waals surface area contributed by atoms with Gasteiger partial charge in [0.2, 0.25) is 11.8 Å². The quantitative estimate of drug-likeness (QED) is 0.349. The Bertz CT molecular complexity index is 1340. The van der Waals surface area contributed by atoms with Gasteiger partial charge in [-0.05, 0) is 74.9 Å². The molecule has 2 amide bonds. The van der Waals surface area contributed by atoms with Crippen LogP contribution in [0.3, 0.4) is 0 Å². The molecule has 0 fully saturated rings. The van der Waals surface area contributed by atoms with Gasteiger partial charge in [-0.25, -0.2) is 8.42 Å². The van der Waals surface area contributed by atoms with Gasteiger partial charge in [-0.15, -0.1) is 0 Å². The number of anilines is 1. The number of amides is 2. The van der Waals surface area contributed by atoms with Crippen molar-refractivity contribution in [3.05, 3.63) is 88.4 Å². The average Bonchev–Trinajstić information content (AvgIpc) is 2.91. The molecule has 8 nitrogen and oxygen atoms in total. The third kappa shape index (κ3) is 7.14. The van der Waals surface area contributed by atoms with Crippen molar-refractivity contribution < 1.29 is 22.7 Å². The monoisotopic (exact) mass is 601 g/mol. The van der Waals surface area contributed by atoms with E-state index in [2.05, 4.69) is 21.2 Å². The Morgan fingerprint density at radius 3 is 2.13 bits per heavy atom. The molecular weight excluding hydrogens is 570 g/mol. The molecule has 3 aromatic carbocycles. The summed E-state index contributed by atoms with van der Waals surface area (Å²) in [5.41, 5.74) is 2.01. The van der Waals surface area contributed by atoms with Crippen LogP contribution in [-0.4, -0.2) is 51.4 Å². The molecule has 0 aromatic heterocycles. The van der Waals surface area contributed by atoms with Crippen molar-refractivity contribution in [2.24, 2.45) is 0 Å². The van der Waals surface area contributed by atoms with Crippen LogP contribution in [-0.2, 0) is 26.2 Å². The van der Waals surface area contributed by atoms with Gasteiger partial charge in [0.15, 0.2) is 0 Å². The molecule has 10 heteroatoms. The maximum atomic E-state index is 13.8. The summed E-state index contributed by atoms with van der Waals surface area (Å²) in [6, 6.07) is 19.5. The fourth-order valence-electron chi connectivity index (χ4n) is 3.82. The summed E-state index contributed by atoms with van der Waals surface area (Å²) in [6.07, 6.45) is 0. The van der Waals surface area contributed by atoms with Crippen molar-refractivity contribution in [1.29, 1.82) is 0 Å². The van der Waals surface area contributed by atoms with E-state index in [9.17, 15) is 18.0 Å². The molecule has 0 saturated carbocycles. The fourth-order valence-corrected chi connectivity index (χ4v) is 5.50. The number of ether oxygens (including phenoxy) is 1. The van der Waals surface area contributed by atoms with Crippen LogP contribution < -0.4 is 14.4 Å². The second kappa shape index (κ2) is 12.9. The maximum absolute atomic E-state index is 13.8. The molecule has 1 atom stereocenters. The molecule has 0 aliphatic carbocycles. The van der Waals surface area contributed by atoms with Crippen LogP contribution in [0.4, 0.5) is 5.69 Å². The van der Waals surface area contributed by atoms with E-state index in [4.69, 9.17) is 4.74 Å². The lowest BCUT2D eigenvalue weighted by Crippen LogP contribution is -2.50. The fraction of sp³-hybridized carbons (Fsp3) is 0.286. The number of carbonyl (C=O) groups is 2. The largest absolute Gasteiger partial charge is 0.494 e. The SMILES string of the molecule is CCOc1ccc(N(CC(=O)N(Cc2ccc(Br)cc2)C(C)C(=O)NC)S(=O)(=O)c2ccc(C)cc2)cc1. The van der Waals surface area contributed by atoms with Crippen LogP contribution in [0.15, 0.2) is 82.2 Å². The number of hydrogen-bond donors (Lipinski definition) is 1. The molecular formula is C28H32BrN3O5S. The summed E-state index contributed by atoms with van der Waals surface area (Å²) in [5, 5.41) is 2.57. The summed E-state index contributed by atoms with van der Waals surface area (Å²) in [6.45, 7) is 5.43. The van der Waals surface area contributed by atoms with Gasteiger partial charge in [0, 0.05) is 18.1 Å². The zero-order chi connectivity index (χ0) is 27.9. The Morgan fingerprint density at radius 1 is 0.974 bits per heavy atom. The van der Waals surface area contributed by atoms with Crippen LogP contribution in [0.2, 0.25) is 0 Å². The van der Waals surface area contributed by atoms with E-state index in [0.717, 1.165) is 19.9 Å². The molecule has 1 N–H and O–H groups in total. The van der Waals surface area contributed by atoms with Crippen LogP contribution in [0.25, 0.3) is 0 Å². The second-order valence-electron chi connectivity index (χ2n) is 8.69. The standard InChI is InChI=1S/C28H32BrN3O5S/c1-5-37-25-14-12-24(13-15-25)32(38(35,36)26-16-6-20(2)7-17-26)19-27(33)31(21(3)28(34)30-4)18-22-8-10-23(29)11-9-22/h6-17,21H,5,18-19H2,1-4H3,(H,30,34). The molecule has 0 spiro atoms. The van der Waals surface area contributed by atoms with E-state index in [1.54, 1.807) is 43.3 Å². The van der Waals surface area contributed by atoms with Crippen LogP contribution in [0, 0.1) is 6.92 Å². The zero-order valence-corrected chi connectivity index (χ0v) is 24.3. The van der Waals surface area contributed by atoms with E-state index < -0.39 is 28.5 Å². The first-order valence-corrected chi connectivity index (χ1v) is 14.4. The molecule has 38 heavy (non-hydrogen) atoms. The molecule has 0 aliphatic rings. The van der Waals surface area contributed by atoms with Crippen molar-refractivity contribution in [2.45, 2.75) is 38.3 Å². The Labute approximate surface area is 232 Å². The number of nitrogens with zero attached hydrogens (tertiary/aromatic N) is 2. The van der Waals surface area contributed by atoms with Gasteiger partial charge in [-0.3, -0.25) is 13.9 Å². The lowest BCUT2D eigenvalue weighted by molar-refractivity contribution is -0.139. The van der Waals surface area contributed by atoms with Crippen LogP contribution in [0.5, 0.6) is 5.75 Å². The number of aryl methyl sites for hydroxylation is 1. The van der Waals surface area contributed by atoms with Crippen molar-refractivity contribution in [1.82, 2.24) is 10.2 Å². The van der Waals surface area contributed by atoms with Gasteiger partial charge in [0.1, 0.15) is 18.3 Å². The van der Waals surface area contributed by atoms with Crippen molar-refractivity contribution in [3.63, 3.8) is 0 Å². The number of nitrogens with one attached hydrogen (secondary N) is 1. The van der Waals surface area contributed by atoms with E-state index in [-0.39, 0.29) is 17.3 Å². The smallest absolute Gasteiger partial charge is 0.264 e. The number of halogens is 1. The predicted molar refractivity (Wildman–Crippen MR) is 152 cm³/mol. The Kier molecular flexibility index (Phi) is 9.93. The highest BCUT2D eigenvalue weighted by Gasteiger charge is 2.32. The summed E-state index contributed by atoms with van der Waals surface area (Å²) in [7, 11) is -2.62. The van der Waals surface area contributed by atoms with Gasteiger partial charge in [0.05, 0.1) is 17.2 Å². The summed E-state index contributed by atoms with van der Waals surface area (Å²) >= 11 is 3.40. The minimum atomic E-state index is -4.12. The summed E-state index contributed by atoms with van der Waals surface area (Å²) in [5.74, 6) is -0.293. The Balaban J connectivity index is 2.02. The minimum absolute atomic E-state index is 0.0589. The van der Waals surface area contributed by atoms with Crippen molar-refractivity contribution >= 4 is 43.5 Å². The first-order valence-electron chi connectivity index (χ1n) is 12.1. The van der Waals surface area contributed by atoms with E-state index in [1.165, 1.54) is 24.1 Å². The molecule has 1 unspecified atom stereocenters. The van der Waals surface area contributed by atoms with E-state index >= 15 is 0 Å². The minimum Gasteiger partial charge on any atom is -0.494 e. The van der Waals surface area contributed by atoms with Crippen molar-refractivity contribution in [2.75, 3.05) is 24.5 Å². The molecule has 0 radical (unpaired) electrons.